The van der Waals surface area contributed by atoms with Gasteiger partial charge in [0.15, 0.2) is 5.96 Å². The third-order valence-corrected chi connectivity index (χ3v) is 5.63. The summed E-state index contributed by atoms with van der Waals surface area (Å²) in [6, 6.07) is 4.79. The van der Waals surface area contributed by atoms with Crippen LogP contribution in [0.1, 0.15) is 43.5 Å². The van der Waals surface area contributed by atoms with Crippen molar-refractivity contribution in [3.8, 4) is 0 Å². The summed E-state index contributed by atoms with van der Waals surface area (Å²) < 4.78 is 10.5. The SMILES string of the molecule is CCNC(=NCC(c1cccs1)N1CCCC1)NCCCCOCCOC.I. The minimum absolute atomic E-state index is 0. The molecule has 0 bridgehead atoms. The highest BCUT2D eigenvalue weighted by Crippen LogP contribution is 2.28. The molecule has 1 unspecified atom stereocenters. The molecule has 0 radical (unpaired) electrons. The summed E-state index contributed by atoms with van der Waals surface area (Å²) in [6.07, 6.45) is 4.71. The molecular weight excluding hydrogens is 487 g/mol. The summed E-state index contributed by atoms with van der Waals surface area (Å²) in [5, 5.41) is 8.99. The zero-order valence-electron chi connectivity index (χ0n) is 17.3. The average molecular weight is 525 g/mol. The summed E-state index contributed by atoms with van der Waals surface area (Å²) >= 11 is 1.84. The van der Waals surface area contributed by atoms with Gasteiger partial charge in [0.1, 0.15) is 0 Å². The van der Waals surface area contributed by atoms with Gasteiger partial charge in [-0.1, -0.05) is 6.07 Å². The summed E-state index contributed by atoms with van der Waals surface area (Å²) in [4.78, 5) is 8.88. The Morgan fingerprint density at radius 2 is 2.04 bits per heavy atom. The molecule has 1 fully saturated rings. The van der Waals surface area contributed by atoms with E-state index in [0.717, 1.165) is 45.0 Å². The molecule has 1 atom stereocenters. The molecule has 0 saturated carbocycles. The molecule has 0 amide bonds. The fraction of sp³-hybridized carbons (Fsp3) is 0.750. The first kappa shape index (κ1) is 25.6. The molecule has 2 heterocycles. The summed E-state index contributed by atoms with van der Waals surface area (Å²) in [7, 11) is 1.70. The maximum Gasteiger partial charge on any atom is 0.191 e. The standard InChI is InChI=1S/C20H36N4O2S.HI/c1-3-21-20(22-10-4-7-13-26-15-14-25-2)23-17-18(19-9-8-16-27-19)24-11-5-6-12-24;/h8-9,16,18H,3-7,10-15,17H2,1-2H3,(H2,21,22,23);1H. The molecule has 2 N–H and O–H groups in total. The maximum absolute atomic E-state index is 5.50. The van der Waals surface area contributed by atoms with E-state index < -0.39 is 0 Å². The number of hydrogen-bond donors (Lipinski definition) is 2. The molecule has 0 aromatic carbocycles. The van der Waals surface area contributed by atoms with Gasteiger partial charge in [0.05, 0.1) is 25.8 Å². The van der Waals surface area contributed by atoms with Gasteiger partial charge in [0, 0.05) is 31.7 Å². The quantitative estimate of drug-likeness (QED) is 0.179. The fourth-order valence-corrected chi connectivity index (χ4v) is 4.07. The first-order valence-electron chi connectivity index (χ1n) is 10.2. The summed E-state index contributed by atoms with van der Waals surface area (Å²) in [6.45, 7) is 9.19. The van der Waals surface area contributed by atoms with Crippen molar-refractivity contribution < 1.29 is 9.47 Å². The molecule has 28 heavy (non-hydrogen) atoms. The molecule has 1 aromatic heterocycles. The van der Waals surface area contributed by atoms with Gasteiger partial charge < -0.3 is 20.1 Å². The van der Waals surface area contributed by atoms with E-state index in [4.69, 9.17) is 14.5 Å². The first-order chi connectivity index (χ1) is 13.3. The Labute approximate surface area is 191 Å². The number of likely N-dealkylation sites (tertiary alicyclic amines) is 1. The zero-order valence-corrected chi connectivity index (χ0v) is 20.5. The Morgan fingerprint density at radius 3 is 2.71 bits per heavy atom. The van der Waals surface area contributed by atoms with Gasteiger partial charge in [-0.15, -0.1) is 35.3 Å². The Kier molecular flexibility index (Phi) is 15.0. The summed E-state index contributed by atoms with van der Waals surface area (Å²) in [5.74, 6) is 0.915. The molecule has 8 heteroatoms. The van der Waals surface area contributed by atoms with Gasteiger partial charge >= 0.3 is 0 Å². The number of nitrogens with zero attached hydrogens (tertiary/aromatic N) is 2. The van der Waals surface area contributed by atoms with Crippen LogP contribution >= 0.6 is 35.3 Å². The van der Waals surface area contributed by atoms with Crippen LogP contribution in [0.5, 0.6) is 0 Å². The van der Waals surface area contributed by atoms with Gasteiger partial charge in [-0.25, -0.2) is 0 Å². The van der Waals surface area contributed by atoms with Crippen molar-refractivity contribution >= 4 is 41.3 Å². The van der Waals surface area contributed by atoms with E-state index in [1.165, 1.54) is 30.8 Å². The zero-order chi connectivity index (χ0) is 19.2. The lowest BCUT2D eigenvalue weighted by Gasteiger charge is -2.25. The molecule has 162 valence electrons. The van der Waals surface area contributed by atoms with Crippen molar-refractivity contribution in [1.82, 2.24) is 15.5 Å². The monoisotopic (exact) mass is 524 g/mol. The summed E-state index contributed by atoms with van der Waals surface area (Å²) in [5.41, 5.74) is 0. The Hall–Kier alpha value is -0.420. The van der Waals surface area contributed by atoms with Crippen molar-refractivity contribution in [2.75, 3.05) is 59.7 Å². The van der Waals surface area contributed by atoms with E-state index in [1.807, 2.05) is 11.3 Å². The van der Waals surface area contributed by atoms with E-state index in [9.17, 15) is 0 Å². The predicted molar refractivity (Wildman–Crippen MR) is 129 cm³/mol. The lowest BCUT2D eigenvalue weighted by molar-refractivity contribution is 0.0689. The molecule has 6 nitrogen and oxygen atoms in total. The molecule has 1 aliphatic rings. The smallest absolute Gasteiger partial charge is 0.191 e. The normalized spacial score (nSPS) is 16.0. The molecule has 1 saturated heterocycles. The highest BCUT2D eigenvalue weighted by molar-refractivity contribution is 14.0. The van der Waals surface area contributed by atoms with Crippen molar-refractivity contribution in [1.29, 1.82) is 0 Å². The van der Waals surface area contributed by atoms with Crippen LogP contribution in [0.2, 0.25) is 0 Å². The lowest BCUT2D eigenvalue weighted by atomic mass is 10.2. The van der Waals surface area contributed by atoms with Crippen LogP contribution in [0.25, 0.3) is 0 Å². The number of rotatable bonds is 13. The van der Waals surface area contributed by atoms with E-state index in [2.05, 4.69) is 40.0 Å². The number of thiophene rings is 1. The van der Waals surface area contributed by atoms with Crippen LogP contribution in [-0.4, -0.2) is 70.5 Å². The predicted octanol–water partition coefficient (Wildman–Crippen LogP) is 3.50. The van der Waals surface area contributed by atoms with Crippen LogP contribution < -0.4 is 10.6 Å². The highest BCUT2D eigenvalue weighted by atomic mass is 127. The second-order valence-electron chi connectivity index (χ2n) is 6.73. The second kappa shape index (κ2) is 16.4. The number of ether oxygens (including phenoxy) is 2. The highest BCUT2D eigenvalue weighted by Gasteiger charge is 2.24. The number of nitrogens with one attached hydrogen (secondary N) is 2. The molecule has 2 rings (SSSR count). The number of halogens is 1. The third-order valence-electron chi connectivity index (χ3n) is 4.66. The van der Waals surface area contributed by atoms with Crippen molar-refractivity contribution in [2.45, 2.75) is 38.6 Å². The third kappa shape index (κ3) is 9.87. The first-order valence-corrected chi connectivity index (χ1v) is 11.1. The molecule has 0 aliphatic carbocycles. The van der Waals surface area contributed by atoms with E-state index in [-0.39, 0.29) is 24.0 Å². The minimum atomic E-state index is 0. The van der Waals surface area contributed by atoms with Crippen LogP contribution in [0.15, 0.2) is 22.5 Å². The van der Waals surface area contributed by atoms with Crippen molar-refractivity contribution in [3.05, 3.63) is 22.4 Å². The number of guanidine groups is 1. The van der Waals surface area contributed by atoms with Gasteiger partial charge in [-0.05, 0) is 57.1 Å². The number of methoxy groups -OCH3 is 1. The van der Waals surface area contributed by atoms with E-state index in [1.54, 1.807) is 7.11 Å². The van der Waals surface area contributed by atoms with E-state index >= 15 is 0 Å². The second-order valence-corrected chi connectivity index (χ2v) is 7.71. The average Bonchev–Trinajstić information content (AvgIpc) is 3.38. The van der Waals surface area contributed by atoms with Crippen LogP contribution in [0.3, 0.4) is 0 Å². The Morgan fingerprint density at radius 1 is 1.21 bits per heavy atom. The Bertz CT molecular complexity index is 510. The van der Waals surface area contributed by atoms with Crippen molar-refractivity contribution in [3.63, 3.8) is 0 Å². The van der Waals surface area contributed by atoms with Crippen LogP contribution in [-0.2, 0) is 9.47 Å². The number of hydrogen-bond acceptors (Lipinski definition) is 5. The van der Waals surface area contributed by atoms with Crippen LogP contribution in [0.4, 0.5) is 0 Å². The van der Waals surface area contributed by atoms with Crippen LogP contribution in [0, 0.1) is 0 Å². The maximum atomic E-state index is 5.50. The number of unbranched alkanes of at least 4 members (excludes halogenated alkanes) is 1. The van der Waals surface area contributed by atoms with Gasteiger partial charge in [-0.3, -0.25) is 9.89 Å². The van der Waals surface area contributed by atoms with Gasteiger partial charge in [0.25, 0.3) is 0 Å². The van der Waals surface area contributed by atoms with Gasteiger partial charge in [0.2, 0.25) is 0 Å². The van der Waals surface area contributed by atoms with Crippen molar-refractivity contribution in [2.24, 2.45) is 4.99 Å². The minimum Gasteiger partial charge on any atom is -0.382 e. The lowest BCUT2D eigenvalue weighted by Crippen LogP contribution is -2.38. The topological polar surface area (TPSA) is 58.1 Å². The Balaban J connectivity index is 0.00000392. The molecule has 1 aliphatic heterocycles. The molecular formula is C20H37IN4O2S. The number of aliphatic imine (C=N–C) groups is 1. The van der Waals surface area contributed by atoms with E-state index in [0.29, 0.717) is 19.3 Å². The van der Waals surface area contributed by atoms with Gasteiger partial charge in [-0.2, -0.15) is 0 Å². The largest absolute Gasteiger partial charge is 0.382 e. The molecule has 0 spiro atoms. The fourth-order valence-electron chi connectivity index (χ4n) is 3.22. The molecule has 1 aromatic rings.